The Kier molecular flexibility index (Phi) is 5.29. The largest absolute Gasteiger partial charge is 0.493 e. The highest BCUT2D eigenvalue weighted by Gasteiger charge is 2.33. The van der Waals surface area contributed by atoms with Crippen LogP contribution in [0.15, 0.2) is 42.5 Å². The molecule has 2 aromatic rings. The number of ether oxygens (including phenoxy) is 2. The Hall–Kier alpha value is -3.22. The molecule has 7 nitrogen and oxygen atoms in total. The number of nitrogens with one attached hydrogen (secondary N) is 1. The van der Waals surface area contributed by atoms with Crippen LogP contribution in [0.3, 0.4) is 0 Å². The van der Waals surface area contributed by atoms with Crippen molar-refractivity contribution < 1.29 is 19.1 Å². The highest BCUT2D eigenvalue weighted by Crippen LogP contribution is 2.33. The summed E-state index contributed by atoms with van der Waals surface area (Å²) in [6.07, 6.45) is 2.19. The minimum absolute atomic E-state index is 0.0263. The summed E-state index contributed by atoms with van der Waals surface area (Å²) in [4.78, 5) is 28.9. The van der Waals surface area contributed by atoms with Gasteiger partial charge in [-0.25, -0.2) is 4.79 Å². The molecule has 4 rings (SSSR count). The number of para-hydroxylation sites is 1. The first kappa shape index (κ1) is 19.1. The molecule has 1 atom stereocenters. The molecule has 0 spiro atoms. The fourth-order valence-corrected chi connectivity index (χ4v) is 4.04. The molecule has 3 amide bonds. The van der Waals surface area contributed by atoms with Gasteiger partial charge in [-0.15, -0.1) is 0 Å². The highest BCUT2D eigenvalue weighted by molar-refractivity contribution is 5.98. The standard InChI is InChI=1S/C22H25N3O4/c1-28-19-10-9-17(13-20(19)29-2)25-14-16(12-21(25)26)23-22(27)24-11-5-7-15-6-3-4-8-18(15)24/h3-4,6,8-10,13,16H,5,7,11-12,14H2,1-2H3,(H,23,27). The molecule has 2 aliphatic heterocycles. The number of benzene rings is 2. The molecule has 1 fully saturated rings. The Morgan fingerprint density at radius 3 is 2.69 bits per heavy atom. The Labute approximate surface area is 170 Å². The van der Waals surface area contributed by atoms with Crippen LogP contribution in [0.2, 0.25) is 0 Å². The lowest BCUT2D eigenvalue weighted by molar-refractivity contribution is -0.117. The third kappa shape index (κ3) is 3.72. The third-order valence-corrected chi connectivity index (χ3v) is 5.49. The number of urea groups is 1. The zero-order valence-corrected chi connectivity index (χ0v) is 16.7. The zero-order chi connectivity index (χ0) is 20.4. The van der Waals surface area contributed by atoms with E-state index in [1.54, 1.807) is 36.2 Å². The molecule has 0 saturated carbocycles. The molecule has 1 saturated heterocycles. The first-order valence-corrected chi connectivity index (χ1v) is 9.79. The number of rotatable bonds is 4. The number of aryl methyl sites for hydroxylation is 1. The van der Waals surface area contributed by atoms with E-state index < -0.39 is 0 Å². The molecule has 2 aromatic carbocycles. The van der Waals surface area contributed by atoms with Gasteiger partial charge < -0.3 is 19.7 Å². The van der Waals surface area contributed by atoms with Crippen molar-refractivity contribution in [2.24, 2.45) is 0 Å². The molecule has 1 unspecified atom stereocenters. The Balaban J connectivity index is 1.46. The molecule has 0 aliphatic carbocycles. The predicted molar refractivity (Wildman–Crippen MR) is 111 cm³/mol. The maximum absolute atomic E-state index is 12.9. The van der Waals surface area contributed by atoms with Crippen molar-refractivity contribution in [3.63, 3.8) is 0 Å². The van der Waals surface area contributed by atoms with Crippen LogP contribution in [0.1, 0.15) is 18.4 Å². The van der Waals surface area contributed by atoms with Gasteiger partial charge in [-0.05, 0) is 36.6 Å². The fraction of sp³-hybridized carbons (Fsp3) is 0.364. The summed E-state index contributed by atoms with van der Waals surface area (Å²) in [6, 6.07) is 13.0. The average molecular weight is 395 g/mol. The van der Waals surface area contributed by atoms with Crippen LogP contribution in [-0.2, 0) is 11.2 Å². The van der Waals surface area contributed by atoms with E-state index in [0.29, 0.717) is 24.6 Å². The lowest BCUT2D eigenvalue weighted by Crippen LogP contribution is -2.47. The number of carbonyl (C=O) groups is 2. The van der Waals surface area contributed by atoms with Crippen molar-refractivity contribution in [1.29, 1.82) is 0 Å². The van der Waals surface area contributed by atoms with Crippen LogP contribution in [0.5, 0.6) is 11.5 Å². The van der Waals surface area contributed by atoms with Gasteiger partial charge in [-0.1, -0.05) is 18.2 Å². The molecule has 0 aromatic heterocycles. The van der Waals surface area contributed by atoms with E-state index in [0.717, 1.165) is 24.2 Å². The molecule has 29 heavy (non-hydrogen) atoms. The Morgan fingerprint density at radius 1 is 1.10 bits per heavy atom. The summed E-state index contributed by atoms with van der Waals surface area (Å²) in [5.74, 6) is 1.15. The van der Waals surface area contributed by atoms with Gasteiger partial charge >= 0.3 is 6.03 Å². The van der Waals surface area contributed by atoms with E-state index >= 15 is 0 Å². The maximum Gasteiger partial charge on any atom is 0.322 e. The van der Waals surface area contributed by atoms with Gasteiger partial charge in [0.25, 0.3) is 0 Å². The van der Waals surface area contributed by atoms with Crippen LogP contribution in [0, 0.1) is 0 Å². The van der Waals surface area contributed by atoms with Gasteiger partial charge in [0.1, 0.15) is 0 Å². The SMILES string of the molecule is COc1ccc(N2CC(NC(=O)N3CCCc4ccccc43)CC2=O)cc1OC. The van der Waals surface area contributed by atoms with Crippen LogP contribution < -0.4 is 24.6 Å². The first-order valence-electron chi connectivity index (χ1n) is 9.79. The Morgan fingerprint density at radius 2 is 1.90 bits per heavy atom. The quantitative estimate of drug-likeness (QED) is 0.864. The van der Waals surface area contributed by atoms with E-state index in [1.165, 1.54) is 5.56 Å². The molecular weight excluding hydrogens is 370 g/mol. The minimum Gasteiger partial charge on any atom is -0.493 e. The topological polar surface area (TPSA) is 71.1 Å². The number of anilines is 2. The molecule has 0 radical (unpaired) electrons. The number of nitrogens with zero attached hydrogens (tertiary/aromatic N) is 2. The number of methoxy groups -OCH3 is 2. The lowest BCUT2D eigenvalue weighted by Gasteiger charge is -2.30. The number of fused-ring (bicyclic) bond motifs is 1. The summed E-state index contributed by atoms with van der Waals surface area (Å²) < 4.78 is 10.6. The van der Waals surface area contributed by atoms with Crippen molar-refractivity contribution in [1.82, 2.24) is 5.32 Å². The molecule has 0 bridgehead atoms. The maximum atomic E-state index is 12.9. The van der Waals surface area contributed by atoms with Crippen LogP contribution in [-0.4, -0.2) is 45.3 Å². The summed E-state index contributed by atoms with van der Waals surface area (Å²) in [7, 11) is 3.13. The van der Waals surface area contributed by atoms with E-state index in [-0.39, 0.29) is 24.4 Å². The van der Waals surface area contributed by atoms with E-state index in [9.17, 15) is 9.59 Å². The van der Waals surface area contributed by atoms with Crippen LogP contribution in [0.25, 0.3) is 0 Å². The number of hydrogen-bond donors (Lipinski definition) is 1. The summed E-state index contributed by atoms with van der Waals surface area (Å²) >= 11 is 0. The van der Waals surface area contributed by atoms with Gasteiger partial charge in [0.2, 0.25) is 5.91 Å². The van der Waals surface area contributed by atoms with Crippen molar-refractivity contribution in [3.8, 4) is 11.5 Å². The monoisotopic (exact) mass is 395 g/mol. The summed E-state index contributed by atoms with van der Waals surface area (Å²) in [6.45, 7) is 1.11. The molecule has 2 heterocycles. The van der Waals surface area contributed by atoms with Crippen molar-refractivity contribution in [2.45, 2.75) is 25.3 Å². The molecule has 1 N–H and O–H groups in total. The van der Waals surface area contributed by atoms with Crippen LogP contribution >= 0.6 is 0 Å². The van der Waals surface area contributed by atoms with Gasteiger partial charge in [0.05, 0.1) is 20.3 Å². The minimum atomic E-state index is -0.239. The van der Waals surface area contributed by atoms with Gasteiger partial charge in [0, 0.05) is 37.0 Å². The fourth-order valence-electron chi connectivity index (χ4n) is 4.04. The van der Waals surface area contributed by atoms with Crippen molar-refractivity contribution in [2.75, 3.05) is 37.1 Å². The summed E-state index contributed by atoms with van der Waals surface area (Å²) in [5.41, 5.74) is 2.87. The normalized spacial score (nSPS) is 18.4. The average Bonchev–Trinajstić information content (AvgIpc) is 3.12. The number of carbonyl (C=O) groups excluding carboxylic acids is 2. The molecular formula is C22H25N3O4. The van der Waals surface area contributed by atoms with Gasteiger partial charge in [-0.2, -0.15) is 0 Å². The number of amides is 3. The van der Waals surface area contributed by atoms with Crippen molar-refractivity contribution >= 4 is 23.3 Å². The summed E-state index contributed by atoms with van der Waals surface area (Å²) in [5, 5.41) is 3.04. The molecule has 152 valence electrons. The van der Waals surface area contributed by atoms with E-state index in [2.05, 4.69) is 11.4 Å². The van der Waals surface area contributed by atoms with Gasteiger partial charge in [0.15, 0.2) is 11.5 Å². The first-order chi connectivity index (χ1) is 14.1. The second-order valence-electron chi connectivity index (χ2n) is 7.28. The van der Waals surface area contributed by atoms with E-state index in [4.69, 9.17) is 9.47 Å². The lowest BCUT2D eigenvalue weighted by atomic mass is 10.0. The molecule has 2 aliphatic rings. The van der Waals surface area contributed by atoms with Gasteiger partial charge in [-0.3, -0.25) is 9.69 Å². The molecule has 7 heteroatoms. The zero-order valence-electron chi connectivity index (χ0n) is 16.7. The predicted octanol–water partition coefficient (Wildman–Crippen LogP) is 2.97. The van der Waals surface area contributed by atoms with E-state index in [1.807, 2.05) is 24.3 Å². The third-order valence-electron chi connectivity index (χ3n) is 5.49. The second-order valence-corrected chi connectivity index (χ2v) is 7.28. The second kappa shape index (κ2) is 8.03. The van der Waals surface area contributed by atoms with Crippen LogP contribution in [0.4, 0.5) is 16.2 Å². The van der Waals surface area contributed by atoms with Crippen molar-refractivity contribution in [3.05, 3.63) is 48.0 Å². The number of hydrogen-bond acceptors (Lipinski definition) is 4. The smallest absolute Gasteiger partial charge is 0.322 e. The highest BCUT2D eigenvalue weighted by atomic mass is 16.5. The Bertz CT molecular complexity index is 930.